The fourth-order valence-corrected chi connectivity index (χ4v) is 2.28. The van der Waals surface area contributed by atoms with Crippen LogP contribution in [0, 0.1) is 0 Å². The van der Waals surface area contributed by atoms with Crippen LogP contribution in [0.1, 0.15) is 36.2 Å². The van der Waals surface area contributed by atoms with Gasteiger partial charge in [-0.25, -0.2) is 9.67 Å². The summed E-state index contributed by atoms with van der Waals surface area (Å²) >= 11 is 0. The summed E-state index contributed by atoms with van der Waals surface area (Å²) in [5.74, 6) is 0.609. The Labute approximate surface area is 103 Å². The number of aryl methyl sites for hydroxylation is 1. The number of hydrogen-bond acceptors (Lipinski definition) is 4. The van der Waals surface area contributed by atoms with Crippen LogP contribution in [0.2, 0.25) is 0 Å². The molecule has 1 atom stereocenters. The third-order valence-corrected chi connectivity index (χ3v) is 3.13. The summed E-state index contributed by atoms with van der Waals surface area (Å²) in [4.78, 5) is 15.5. The monoisotopic (exact) mass is 247 g/mol. The van der Waals surface area contributed by atoms with Gasteiger partial charge in [0.1, 0.15) is 17.5 Å². The Hall–Kier alpha value is -2.11. The molecule has 3 rings (SSSR count). The van der Waals surface area contributed by atoms with Gasteiger partial charge in [-0.15, -0.1) is 0 Å². The molecule has 94 valence electrons. The minimum Gasteiger partial charge on any atom is -0.481 e. The van der Waals surface area contributed by atoms with Crippen LogP contribution in [0.3, 0.4) is 0 Å². The summed E-state index contributed by atoms with van der Waals surface area (Å²) in [6, 6.07) is 3.67. The first-order chi connectivity index (χ1) is 8.74. The van der Waals surface area contributed by atoms with Crippen molar-refractivity contribution in [1.29, 1.82) is 0 Å². The van der Waals surface area contributed by atoms with Gasteiger partial charge in [0.25, 0.3) is 0 Å². The van der Waals surface area contributed by atoms with Crippen molar-refractivity contribution in [3.8, 4) is 0 Å². The van der Waals surface area contributed by atoms with Crippen LogP contribution in [0.5, 0.6) is 0 Å². The number of furan rings is 1. The molecular weight excluding hydrogens is 234 g/mol. The van der Waals surface area contributed by atoms with Crippen LogP contribution in [-0.4, -0.2) is 25.8 Å². The van der Waals surface area contributed by atoms with Crippen LogP contribution < -0.4 is 0 Å². The highest BCUT2D eigenvalue weighted by molar-refractivity contribution is 5.75. The zero-order valence-electron chi connectivity index (χ0n) is 9.74. The van der Waals surface area contributed by atoms with Crippen molar-refractivity contribution in [3.05, 3.63) is 35.8 Å². The van der Waals surface area contributed by atoms with E-state index >= 15 is 0 Å². The van der Waals surface area contributed by atoms with Crippen LogP contribution in [-0.2, 0) is 17.8 Å². The Morgan fingerprint density at radius 3 is 3.22 bits per heavy atom. The zero-order valence-corrected chi connectivity index (χ0v) is 9.74. The summed E-state index contributed by atoms with van der Waals surface area (Å²) < 4.78 is 6.95. The maximum atomic E-state index is 11.1. The van der Waals surface area contributed by atoms with Crippen molar-refractivity contribution >= 4 is 5.97 Å². The summed E-state index contributed by atoms with van der Waals surface area (Å²) in [5, 5.41) is 13.5. The molecule has 0 amide bonds. The molecule has 0 radical (unpaired) electrons. The average molecular weight is 247 g/mol. The molecule has 0 aliphatic carbocycles. The quantitative estimate of drug-likeness (QED) is 0.887. The van der Waals surface area contributed by atoms with Gasteiger partial charge >= 0.3 is 5.97 Å². The van der Waals surface area contributed by atoms with E-state index in [4.69, 9.17) is 9.52 Å². The van der Waals surface area contributed by atoms with Crippen LogP contribution in [0.4, 0.5) is 0 Å². The lowest BCUT2D eigenvalue weighted by Gasteiger charge is -2.17. The first-order valence-corrected chi connectivity index (χ1v) is 5.93. The van der Waals surface area contributed by atoms with E-state index in [0.717, 1.165) is 18.7 Å². The molecule has 0 saturated carbocycles. The zero-order chi connectivity index (χ0) is 12.5. The topological polar surface area (TPSA) is 81.1 Å². The van der Waals surface area contributed by atoms with Gasteiger partial charge in [-0.05, 0) is 25.0 Å². The second kappa shape index (κ2) is 4.29. The highest BCUT2D eigenvalue weighted by atomic mass is 16.4. The Morgan fingerprint density at radius 2 is 2.50 bits per heavy atom. The van der Waals surface area contributed by atoms with Crippen LogP contribution >= 0.6 is 0 Å². The molecule has 0 bridgehead atoms. The van der Waals surface area contributed by atoms with Crippen LogP contribution in [0.15, 0.2) is 22.8 Å². The van der Waals surface area contributed by atoms with E-state index in [1.165, 1.54) is 0 Å². The normalized spacial score (nSPS) is 18.6. The first kappa shape index (κ1) is 11.0. The van der Waals surface area contributed by atoms with E-state index in [1.54, 1.807) is 10.9 Å². The molecule has 6 heteroatoms. The molecule has 1 aliphatic rings. The summed E-state index contributed by atoms with van der Waals surface area (Å²) in [7, 11) is 0. The second-order valence-corrected chi connectivity index (χ2v) is 4.40. The molecule has 0 aromatic carbocycles. The minimum atomic E-state index is -0.826. The van der Waals surface area contributed by atoms with Gasteiger partial charge in [-0.2, -0.15) is 5.10 Å². The predicted octanol–water partition coefficient (Wildman–Crippen LogP) is 1.42. The van der Waals surface area contributed by atoms with Gasteiger partial charge in [-0.3, -0.25) is 4.79 Å². The van der Waals surface area contributed by atoms with E-state index in [-0.39, 0.29) is 0 Å². The fourth-order valence-electron chi connectivity index (χ4n) is 2.28. The SMILES string of the molecule is O=C(O)C1CCCn2nc(Cc3ccco3)nc21. The summed E-state index contributed by atoms with van der Waals surface area (Å²) in [5.41, 5.74) is 0. The van der Waals surface area contributed by atoms with Crippen molar-refractivity contribution in [2.45, 2.75) is 31.7 Å². The molecule has 18 heavy (non-hydrogen) atoms. The van der Waals surface area contributed by atoms with Gasteiger partial charge in [-0.1, -0.05) is 0 Å². The second-order valence-electron chi connectivity index (χ2n) is 4.40. The smallest absolute Gasteiger partial charge is 0.314 e. The lowest BCUT2D eigenvalue weighted by Crippen LogP contribution is -2.22. The van der Waals surface area contributed by atoms with Crippen molar-refractivity contribution in [2.75, 3.05) is 0 Å². The molecule has 1 N–H and O–H groups in total. The molecule has 3 heterocycles. The van der Waals surface area contributed by atoms with Crippen molar-refractivity contribution in [3.63, 3.8) is 0 Å². The van der Waals surface area contributed by atoms with Gasteiger partial charge in [0.15, 0.2) is 5.82 Å². The maximum absolute atomic E-state index is 11.1. The number of carbonyl (C=O) groups is 1. The van der Waals surface area contributed by atoms with E-state index in [2.05, 4.69) is 10.1 Å². The molecule has 2 aromatic rings. The highest BCUT2D eigenvalue weighted by Crippen LogP contribution is 2.26. The van der Waals surface area contributed by atoms with Gasteiger partial charge in [0.2, 0.25) is 0 Å². The number of fused-ring (bicyclic) bond motifs is 1. The predicted molar refractivity (Wildman–Crippen MR) is 61.1 cm³/mol. The number of aliphatic carboxylic acids is 1. The Balaban J connectivity index is 1.89. The van der Waals surface area contributed by atoms with Crippen molar-refractivity contribution in [2.24, 2.45) is 0 Å². The maximum Gasteiger partial charge on any atom is 0.314 e. The molecule has 6 nitrogen and oxygen atoms in total. The number of aromatic nitrogens is 3. The third kappa shape index (κ3) is 1.90. The van der Waals surface area contributed by atoms with Crippen molar-refractivity contribution in [1.82, 2.24) is 14.8 Å². The number of nitrogens with zero attached hydrogens (tertiary/aromatic N) is 3. The first-order valence-electron chi connectivity index (χ1n) is 5.93. The molecule has 0 saturated heterocycles. The van der Waals surface area contributed by atoms with Crippen molar-refractivity contribution < 1.29 is 14.3 Å². The van der Waals surface area contributed by atoms with Gasteiger partial charge in [0.05, 0.1) is 12.7 Å². The average Bonchev–Trinajstić information content (AvgIpc) is 2.96. The van der Waals surface area contributed by atoms with E-state index < -0.39 is 11.9 Å². The third-order valence-electron chi connectivity index (χ3n) is 3.13. The van der Waals surface area contributed by atoms with E-state index in [0.29, 0.717) is 24.5 Å². The van der Waals surface area contributed by atoms with E-state index in [1.807, 2.05) is 12.1 Å². The molecule has 2 aromatic heterocycles. The molecule has 0 spiro atoms. The van der Waals surface area contributed by atoms with Crippen LogP contribution in [0.25, 0.3) is 0 Å². The number of carboxylic acid groups (broad SMARTS) is 1. The number of carboxylic acids is 1. The van der Waals surface area contributed by atoms with Gasteiger partial charge in [0, 0.05) is 6.54 Å². The molecule has 1 unspecified atom stereocenters. The standard InChI is InChI=1S/C12H13N3O3/c16-12(17)9-4-1-5-15-11(9)13-10(14-15)7-8-3-2-6-18-8/h2-3,6,9H,1,4-5,7H2,(H,16,17). The lowest BCUT2D eigenvalue weighted by atomic mass is 10.00. The highest BCUT2D eigenvalue weighted by Gasteiger charge is 2.29. The van der Waals surface area contributed by atoms with E-state index in [9.17, 15) is 4.79 Å². The minimum absolute atomic E-state index is 0.499. The largest absolute Gasteiger partial charge is 0.481 e. The number of hydrogen-bond donors (Lipinski definition) is 1. The Kier molecular flexibility index (Phi) is 2.62. The Morgan fingerprint density at radius 1 is 1.61 bits per heavy atom. The summed E-state index contributed by atoms with van der Waals surface area (Å²) in [6.45, 7) is 0.740. The number of rotatable bonds is 3. The lowest BCUT2D eigenvalue weighted by molar-refractivity contribution is -0.139. The molecule has 1 aliphatic heterocycles. The fraction of sp³-hybridized carbons (Fsp3) is 0.417. The molecular formula is C12H13N3O3. The van der Waals surface area contributed by atoms with Gasteiger partial charge < -0.3 is 9.52 Å². The summed E-state index contributed by atoms with van der Waals surface area (Å²) in [6.07, 6.45) is 3.56. The molecule has 0 fully saturated rings. The Bertz CT molecular complexity index is 559.